The first-order chi connectivity index (χ1) is 12.4. The summed E-state index contributed by atoms with van der Waals surface area (Å²) in [7, 11) is -3.70. The third kappa shape index (κ3) is 3.91. The summed E-state index contributed by atoms with van der Waals surface area (Å²) in [5.41, 5.74) is 0. The van der Waals surface area contributed by atoms with Crippen LogP contribution < -0.4 is 14.8 Å². The number of piperidine rings is 1. The van der Waals surface area contributed by atoms with Gasteiger partial charge in [0.25, 0.3) is 0 Å². The number of aliphatic carboxylic acids is 1. The number of carbonyl (C=O) groups excluding carboxylic acids is 1. The predicted octanol–water partition coefficient (Wildman–Crippen LogP) is 0.0593. The Kier molecular flexibility index (Phi) is 5.33. The van der Waals surface area contributed by atoms with E-state index in [1.165, 1.54) is 16.4 Å². The summed E-state index contributed by atoms with van der Waals surface area (Å²) in [6, 6.07) is 4.51. The van der Waals surface area contributed by atoms with Crippen molar-refractivity contribution < 1.29 is 32.6 Å². The summed E-state index contributed by atoms with van der Waals surface area (Å²) < 4.78 is 37.8. The molecule has 2 aliphatic rings. The van der Waals surface area contributed by atoms with E-state index in [1.54, 1.807) is 6.07 Å². The molecule has 1 aromatic rings. The van der Waals surface area contributed by atoms with E-state index in [2.05, 4.69) is 5.32 Å². The second-order valence-electron chi connectivity index (χ2n) is 6.10. The van der Waals surface area contributed by atoms with Crippen LogP contribution in [0.25, 0.3) is 0 Å². The zero-order valence-corrected chi connectivity index (χ0v) is 14.8. The standard InChI is InChI=1S/C16H20N2O7S/c19-15(20)10-17-16(21)11-3-5-18(6-4-11)26(22,23)12-1-2-13-14(9-12)25-8-7-24-13/h1-2,9,11H,3-8,10H2,(H,17,21)(H,19,20). The van der Waals surface area contributed by atoms with Gasteiger partial charge in [0, 0.05) is 25.1 Å². The highest BCUT2D eigenvalue weighted by molar-refractivity contribution is 7.89. The summed E-state index contributed by atoms with van der Waals surface area (Å²) >= 11 is 0. The van der Waals surface area contributed by atoms with Crippen LogP contribution in [-0.2, 0) is 19.6 Å². The molecule has 0 unspecified atom stereocenters. The lowest BCUT2D eigenvalue weighted by Crippen LogP contribution is -2.43. The van der Waals surface area contributed by atoms with Crippen LogP contribution in [0.1, 0.15) is 12.8 Å². The number of ether oxygens (including phenoxy) is 2. The van der Waals surface area contributed by atoms with Crippen molar-refractivity contribution in [2.45, 2.75) is 17.7 Å². The van der Waals surface area contributed by atoms with Crippen LogP contribution in [0.4, 0.5) is 0 Å². The van der Waals surface area contributed by atoms with Crippen LogP contribution in [0.2, 0.25) is 0 Å². The van der Waals surface area contributed by atoms with E-state index in [-0.39, 0.29) is 29.8 Å². The number of sulfonamides is 1. The molecule has 9 nitrogen and oxygen atoms in total. The molecule has 26 heavy (non-hydrogen) atoms. The molecule has 0 atom stereocenters. The van der Waals surface area contributed by atoms with Crippen molar-refractivity contribution in [3.63, 3.8) is 0 Å². The Balaban J connectivity index is 1.65. The minimum atomic E-state index is -3.70. The Morgan fingerprint density at radius 3 is 2.46 bits per heavy atom. The SMILES string of the molecule is O=C(O)CNC(=O)C1CCN(S(=O)(=O)c2ccc3c(c2)OCCO3)CC1. The molecule has 0 spiro atoms. The Morgan fingerprint density at radius 1 is 1.15 bits per heavy atom. The van der Waals surface area contributed by atoms with Gasteiger partial charge in [-0.2, -0.15) is 4.31 Å². The van der Waals surface area contributed by atoms with Gasteiger partial charge in [0.2, 0.25) is 15.9 Å². The molecular formula is C16H20N2O7S. The lowest BCUT2D eigenvalue weighted by molar-refractivity contribution is -0.138. The van der Waals surface area contributed by atoms with E-state index in [0.29, 0.717) is 37.6 Å². The molecule has 1 saturated heterocycles. The van der Waals surface area contributed by atoms with E-state index < -0.39 is 22.5 Å². The number of fused-ring (bicyclic) bond motifs is 1. The second-order valence-corrected chi connectivity index (χ2v) is 8.03. The van der Waals surface area contributed by atoms with Crippen LogP contribution in [0.3, 0.4) is 0 Å². The molecule has 1 amide bonds. The third-order valence-corrected chi connectivity index (χ3v) is 6.28. The molecule has 1 aromatic carbocycles. The maximum absolute atomic E-state index is 12.8. The molecule has 2 heterocycles. The second kappa shape index (κ2) is 7.50. The lowest BCUT2D eigenvalue weighted by atomic mass is 9.97. The molecular weight excluding hydrogens is 364 g/mol. The molecule has 142 valence electrons. The Morgan fingerprint density at radius 2 is 1.81 bits per heavy atom. The van der Waals surface area contributed by atoms with Gasteiger partial charge in [0.15, 0.2) is 11.5 Å². The number of hydrogen-bond acceptors (Lipinski definition) is 6. The molecule has 0 radical (unpaired) electrons. The number of nitrogens with one attached hydrogen (secondary N) is 1. The Bertz CT molecular complexity index is 801. The zero-order valence-electron chi connectivity index (χ0n) is 14.0. The highest BCUT2D eigenvalue weighted by Crippen LogP contribution is 2.34. The zero-order chi connectivity index (χ0) is 18.7. The van der Waals surface area contributed by atoms with Crippen molar-refractivity contribution in [3.05, 3.63) is 18.2 Å². The van der Waals surface area contributed by atoms with E-state index >= 15 is 0 Å². The van der Waals surface area contributed by atoms with Crippen molar-refractivity contribution in [1.29, 1.82) is 0 Å². The average Bonchev–Trinajstić information content (AvgIpc) is 2.65. The number of carboxylic acids is 1. The summed E-state index contributed by atoms with van der Waals surface area (Å²) in [4.78, 5) is 22.5. The van der Waals surface area contributed by atoms with Crippen LogP contribution in [0, 0.1) is 5.92 Å². The van der Waals surface area contributed by atoms with Gasteiger partial charge in [-0.3, -0.25) is 9.59 Å². The molecule has 0 bridgehead atoms. The Hall–Kier alpha value is -2.33. The maximum Gasteiger partial charge on any atom is 0.322 e. The molecule has 0 saturated carbocycles. The first-order valence-corrected chi connectivity index (χ1v) is 9.71. The number of carbonyl (C=O) groups is 2. The third-order valence-electron chi connectivity index (χ3n) is 4.39. The fourth-order valence-electron chi connectivity index (χ4n) is 3.00. The number of benzene rings is 1. The van der Waals surface area contributed by atoms with Gasteiger partial charge < -0.3 is 19.9 Å². The molecule has 2 N–H and O–H groups in total. The fourth-order valence-corrected chi connectivity index (χ4v) is 4.48. The van der Waals surface area contributed by atoms with Crippen molar-refractivity contribution in [1.82, 2.24) is 9.62 Å². The summed E-state index contributed by atoms with van der Waals surface area (Å²) in [6.45, 7) is 0.752. The molecule has 2 aliphatic heterocycles. The summed E-state index contributed by atoms with van der Waals surface area (Å²) in [5, 5.41) is 10.9. The van der Waals surface area contributed by atoms with Gasteiger partial charge >= 0.3 is 5.97 Å². The lowest BCUT2D eigenvalue weighted by Gasteiger charge is -2.30. The molecule has 0 aromatic heterocycles. The van der Waals surface area contributed by atoms with Crippen LogP contribution in [-0.4, -0.2) is 62.6 Å². The minimum Gasteiger partial charge on any atom is -0.486 e. The van der Waals surface area contributed by atoms with E-state index in [4.69, 9.17) is 14.6 Å². The van der Waals surface area contributed by atoms with Gasteiger partial charge in [-0.05, 0) is 25.0 Å². The molecule has 3 rings (SSSR count). The minimum absolute atomic E-state index is 0.121. The highest BCUT2D eigenvalue weighted by Gasteiger charge is 2.32. The quantitative estimate of drug-likeness (QED) is 0.736. The van der Waals surface area contributed by atoms with Crippen molar-refractivity contribution in [2.75, 3.05) is 32.8 Å². The van der Waals surface area contributed by atoms with Crippen LogP contribution in [0.15, 0.2) is 23.1 Å². The molecule has 1 fully saturated rings. The van der Waals surface area contributed by atoms with E-state index in [9.17, 15) is 18.0 Å². The van der Waals surface area contributed by atoms with E-state index in [0.717, 1.165) is 0 Å². The number of rotatable bonds is 5. The maximum atomic E-state index is 12.8. The largest absolute Gasteiger partial charge is 0.486 e. The van der Waals surface area contributed by atoms with Gasteiger partial charge in [-0.25, -0.2) is 8.42 Å². The smallest absolute Gasteiger partial charge is 0.322 e. The van der Waals surface area contributed by atoms with Crippen molar-refractivity contribution in [2.24, 2.45) is 5.92 Å². The van der Waals surface area contributed by atoms with Gasteiger partial charge in [0.1, 0.15) is 19.8 Å². The average molecular weight is 384 g/mol. The normalized spacial score (nSPS) is 18.3. The van der Waals surface area contributed by atoms with E-state index in [1.807, 2.05) is 0 Å². The number of amides is 1. The summed E-state index contributed by atoms with van der Waals surface area (Å²) in [5.74, 6) is -0.939. The van der Waals surface area contributed by atoms with Crippen LogP contribution in [0.5, 0.6) is 11.5 Å². The van der Waals surface area contributed by atoms with Crippen LogP contribution >= 0.6 is 0 Å². The van der Waals surface area contributed by atoms with Crippen molar-refractivity contribution >= 4 is 21.9 Å². The first-order valence-electron chi connectivity index (χ1n) is 8.27. The number of hydrogen-bond donors (Lipinski definition) is 2. The molecule has 10 heteroatoms. The summed E-state index contributed by atoms with van der Waals surface area (Å²) in [6.07, 6.45) is 0.685. The first kappa shape index (κ1) is 18.5. The number of carboxylic acid groups (broad SMARTS) is 1. The van der Waals surface area contributed by atoms with Crippen molar-refractivity contribution in [3.8, 4) is 11.5 Å². The van der Waals surface area contributed by atoms with Gasteiger partial charge in [-0.1, -0.05) is 0 Å². The van der Waals surface area contributed by atoms with Gasteiger partial charge in [0.05, 0.1) is 4.90 Å². The van der Waals surface area contributed by atoms with Gasteiger partial charge in [-0.15, -0.1) is 0 Å². The fraction of sp³-hybridized carbons (Fsp3) is 0.500. The number of nitrogens with zero attached hydrogens (tertiary/aromatic N) is 1. The topological polar surface area (TPSA) is 122 Å². The molecule has 0 aliphatic carbocycles. The monoisotopic (exact) mass is 384 g/mol. The predicted molar refractivity (Wildman–Crippen MR) is 89.6 cm³/mol. The Labute approximate surface area is 150 Å². The highest BCUT2D eigenvalue weighted by atomic mass is 32.2.